The first-order valence-electron chi connectivity index (χ1n) is 8.90. The third kappa shape index (κ3) is 4.12. The van der Waals surface area contributed by atoms with Gasteiger partial charge in [-0.2, -0.15) is 0 Å². The van der Waals surface area contributed by atoms with Crippen molar-refractivity contribution >= 4 is 34.1 Å². The van der Waals surface area contributed by atoms with Crippen molar-refractivity contribution in [2.75, 3.05) is 25.0 Å². The van der Waals surface area contributed by atoms with E-state index in [1.165, 1.54) is 6.20 Å². The number of ketones is 1. The van der Waals surface area contributed by atoms with Gasteiger partial charge >= 0.3 is 6.03 Å². The smallest absolute Gasteiger partial charge is 0.320 e. The number of aliphatic hydroxyl groups excluding tert-OH is 1. The standard InChI is InChI=1S/C18H22N4O4S/c1-2-14-19-10-15(27-14)21-17(26)20-12(11-23)16(25)22-8-6-18(7-9-22)5-3-4-13(18)24/h1,10,12,23H,3-9,11H2,(H2,20,21,26). The Labute approximate surface area is 161 Å². The van der Waals surface area contributed by atoms with Crippen LogP contribution in [0.2, 0.25) is 0 Å². The van der Waals surface area contributed by atoms with Crippen LogP contribution in [0.1, 0.15) is 37.1 Å². The van der Waals surface area contributed by atoms with E-state index in [1.54, 1.807) is 4.90 Å². The molecule has 2 heterocycles. The third-order valence-electron chi connectivity index (χ3n) is 5.33. The second-order valence-corrected chi connectivity index (χ2v) is 7.92. The van der Waals surface area contributed by atoms with Gasteiger partial charge < -0.3 is 15.3 Å². The van der Waals surface area contributed by atoms with E-state index in [1.807, 2.05) is 0 Å². The number of rotatable bonds is 4. The van der Waals surface area contributed by atoms with E-state index >= 15 is 0 Å². The Bertz CT molecular complexity index is 777. The fourth-order valence-electron chi connectivity index (χ4n) is 3.79. The van der Waals surface area contributed by atoms with Crippen molar-refractivity contribution in [3.8, 4) is 12.3 Å². The van der Waals surface area contributed by atoms with Gasteiger partial charge in [0.1, 0.15) is 16.8 Å². The number of amides is 3. The second-order valence-electron chi connectivity index (χ2n) is 6.89. The fraction of sp³-hybridized carbons (Fsp3) is 0.556. The van der Waals surface area contributed by atoms with Gasteiger partial charge in [-0.15, -0.1) is 6.42 Å². The number of hydrogen-bond acceptors (Lipinski definition) is 6. The highest BCUT2D eigenvalue weighted by molar-refractivity contribution is 7.16. The van der Waals surface area contributed by atoms with Gasteiger partial charge in [0.2, 0.25) is 5.91 Å². The van der Waals surface area contributed by atoms with Crippen LogP contribution in [-0.2, 0) is 9.59 Å². The zero-order valence-electron chi connectivity index (χ0n) is 14.9. The molecule has 27 heavy (non-hydrogen) atoms. The predicted molar refractivity (Wildman–Crippen MR) is 100 cm³/mol. The molecule has 1 saturated carbocycles. The molecule has 2 aliphatic rings. The maximum absolute atomic E-state index is 12.7. The number of Topliss-reactive ketones (excluding diaryl/α,β-unsaturated/α-hetero) is 1. The maximum atomic E-state index is 12.7. The van der Waals surface area contributed by atoms with Gasteiger partial charge in [-0.25, -0.2) is 9.78 Å². The van der Waals surface area contributed by atoms with Crippen molar-refractivity contribution in [1.29, 1.82) is 0 Å². The highest BCUT2D eigenvalue weighted by Crippen LogP contribution is 2.43. The van der Waals surface area contributed by atoms with Gasteiger partial charge in [0.15, 0.2) is 5.01 Å². The predicted octanol–water partition coefficient (Wildman–Crippen LogP) is 0.969. The first kappa shape index (κ1) is 19.3. The van der Waals surface area contributed by atoms with Gasteiger partial charge in [-0.3, -0.25) is 14.9 Å². The molecule has 1 aliphatic heterocycles. The van der Waals surface area contributed by atoms with E-state index < -0.39 is 18.7 Å². The van der Waals surface area contributed by atoms with Crippen molar-refractivity contribution in [2.24, 2.45) is 5.41 Å². The van der Waals surface area contributed by atoms with E-state index in [0.717, 1.165) is 24.2 Å². The Morgan fingerprint density at radius 1 is 1.41 bits per heavy atom. The average Bonchev–Trinajstić information content (AvgIpc) is 3.27. The highest BCUT2D eigenvalue weighted by Gasteiger charge is 2.45. The van der Waals surface area contributed by atoms with Crippen LogP contribution in [0.4, 0.5) is 9.80 Å². The second kappa shape index (κ2) is 8.06. The molecule has 8 nitrogen and oxygen atoms in total. The number of anilines is 1. The Morgan fingerprint density at radius 2 is 2.15 bits per heavy atom. The number of nitrogens with one attached hydrogen (secondary N) is 2. The molecule has 1 spiro atoms. The molecule has 1 aliphatic carbocycles. The number of aromatic nitrogens is 1. The van der Waals surface area contributed by atoms with Crippen LogP contribution in [-0.4, -0.2) is 58.5 Å². The van der Waals surface area contributed by atoms with Crippen LogP contribution in [0.5, 0.6) is 0 Å². The van der Waals surface area contributed by atoms with Crippen LogP contribution >= 0.6 is 11.3 Å². The molecule has 2 fully saturated rings. The minimum absolute atomic E-state index is 0.267. The maximum Gasteiger partial charge on any atom is 0.320 e. The molecule has 1 atom stereocenters. The Hall–Kier alpha value is -2.44. The van der Waals surface area contributed by atoms with Crippen LogP contribution in [0.15, 0.2) is 6.20 Å². The minimum atomic E-state index is -1.04. The molecule has 1 aromatic heterocycles. The van der Waals surface area contributed by atoms with Crippen LogP contribution < -0.4 is 10.6 Å². The van der Waals surface area contributed by atoms with Crippen molar-refractivity contribution in [2.45, 2.75) is 38.1 Å². The van der Waals surface area contributed by atoms with E-state index in [0.29, 0.717) is 48.1 Å². The Kier molecular flexibility index (Phi) is 5.77. The molecule has 3 rings (SSSR count). The SMILES string of the molecule is C#Cc1ncc(NC(=O)NC(CO)C(=O)N2CCC3(CCCC3=O)CC2)s1. The molecular weight excluding hydrogens is 368 g/mol. The average molecular weight is 390 g/mol. The lowest BCUT2D eigenvalue weighted by Crippen LogP contribution is -2.54. The zero-order valence-corrected chi connectivity index (χ0v) is 15.7. The first-order chi connectivity index (χ1) is 13.0. The molecular formula is C18H22N4O4S. The molecule has 1 unspecified atom stereocenters. The lowest BCUT2D eigenvalue weighted by molar-refractivity contribution is -0.139. The molecule has 3 N–H and O–H groups in total. The number of urea groups is 1. The number of carbonyl (C=O) groups excluding carboxylic acids is 3. The van der Waals surface area contributed by atoms with E-state index in [9.17, 15) is 19.5 Å². The summed E-state index contributed by atoms with van der Waals surface area (Å²) in [6.07, 6.45) is 10.4. The van der Waals surface area contributed by atoms with E-state index in [-0.39, 0.29) is 11.3 Å². The zero-order chi connectivity index (χ0) is 19.4. The monoisotopic (exact) mass is 390 g/mol. The highest BCUT2D eigenvalue weighted by atomic mass is 32.1. The molecule has 0 aromatic carbocycles. The summed E-state index contributed by atoms with van der Waals surface area (Å²) in [5.41, 5.74) is -0.267. The van der Waals surface area contributed by atoms with Crippen molar-refractivity contribution in [1.82, 2.24) is 15.2 Å². The summed E-state index contributed by atoms with van der Waals surface area (Å²) in [4.78, 5) is 42.4. The first-order valence-corrected chi connectivity index (χ1v) is 9.72. The van der Waals surface area contributed by atoms with E-state index in [4.69, 9.17) is 6.42 Å². The molecule has 0 bridgehead atoms. The number of hydrogen-bond donors (Lipinski definition) is 3. The number of carbonyl (C=O) groups is 3. The summed E-state index contributed by atoms with van der Waals surface area (Å²) >= 11 is 1.13. The fourth-order valence-corrected chi connectivity index (χ4v) is 4.41. The summed E-state index contributed by atoms with van der Waals surface area (Å²) in [5, 5.41) is 15.5. The van der Waals surface area contributed by atoms with Crippen LogP contribution in [0.3, 0.4) is 0 Å². The van der Waals surface area contributed by atoms with Gasteiger partial charge in [0.05, 0.1) is 12.8 Å². The van der Waals surface area contributed by atoms with Crippen molar-refractivity contribution < 1.29 is 19.5 Å². The minimum Gasteiger partial charge on any atom is -0.394 e. The number of thiazole rings is 1. The molecule has 0 radical (unpaired) electrons. The summed E-state index contributed by atoms with van der Waals surface area (Å²) in [7, 11) is 0. The van der Waals surface area contributed by atoms with Crippen molar-refractivity contribution in [3.63, 3.8) is 0 Å². The summed E-state index contributed by atoms with van der Waals surface area (Å²) in [6.45, 7) is 0.417. The summed E-state index contributed by atoms with van der Waals surface area (Å²) in [5.74, 6) is 2.33. The molecule has 1 saturated heterocycles. The molecule has 1 aromatic rings. The summed E-state index contributed by atoms with van der Waals surface area (Å²) in [6, 6.07) is -1.66. The number of aliphatic hydroxyl groups is 1. The number of likely N-dealkylation sites (tertiary alicyclic amines) is 1. The lowest BCUT2D eigenvalue weighted by Gasteiger charge is -2.39. The van der Waals surface area contributed by atoms with E-state index in [2.05, 4.69) is 21.5 Å². The van der Waals surface area contributed by atoms with Gasteiger partial charge in [-0.1, -0.05) is 11.3 Å². The van der Waals surface area contributed by atoms with Crippen LogP contribution in [0, 0.1) is 17.8 Å². The normalized spacial score (nSPS) is 19.6. The largest absolute Gasteiger partial charge is 0.394 e. The lowest BCUT2D eigenvalue weighted by atomic mass is 9.76. The van der Waals surface area contributed by atoms with Crippen LogP contribution in [0.25, 0.3) is 0 Å². The quantitative estimate of drug-likeness (QED) is 0.664. The number of piperidine rings is 1. The topological polar surface area (TPSA) is 112 Å². The van der Waals surface area contributed by atoms with Gasteiger partial charge in [0, 0.05) is 24.9 Å². The Morgan fingerprint density at radius 3 is 2.70 bits per heavy atom. The van der Waals surface area contributed by atoms with Crippen molar-refractivity contribution in [3.05, 3.63) is 11.2 Å². The van der Waals surface area contributed by atoms with Gasteiger partial charge in [-0.05, 0) is 31.6 Å². The molecule has 9 heteroatoms. The van der Waals surface area contributed by atoms with Gasteiger partial charge in [0.25, 0.3) is 0 Å². The molecule has 3 amide bonds. The third-order valence-corrected chi connectivity index (χ3v) is 6.18. The summed E-state index contributed by atoms with van der Waals surface area (Å²) < 4.78 is 0. The number of terminal acetylenes is 1. The number of nitrogens with zero attached hydrogens (tertiary/aromatic N) is 2. The molecule has 144 valence electrons. The Balaban J connectivity index is 1.54.